The van der Waals surface area contributed by atoms with Crippen molar-refractivity contribution in [2.45, 2.75) is 26.7 Å². The molecule has 0 aliphatic carbocycles. The van der Waals surface area contributed by atoms with Crippen molar-refractivity contribution < 1.29 is 24.2 Å². The molecule has 140 valence electrons. The SMILES string of the molecule is CCOC(=O)CCCN1C(=O)/C(=C/c2ccc(O)c(OCC)c2)SC1=S. The maximum absolute atomic E-state index is 12.6. The molecule has 0 radical (unpaired) electrons. The van der Waals surface area contributed by atoms with Gasteiger partial charge in [0.15, 0.2) is 11.5 Å². The molecule has 1 N–H and O–H groups in total. The van der Waals surface area contributed by atoms with Gasteiger partial charge in [-0.1, -0.05) is 30.0 Å². The Kier molecular flexibility index (Phi) is 7.47. The summed E-state index contributed by atoms with van der Waals surface area (Å²) in [7, 11) is 0. The highest BCUT2D eigenvalue weighted by Crippen LogP contribution is 2.34. The number of thioether (sulfide) groups is 1. The molecule has 1 amide bonds. The van der Waals surface area contributed by atoms with Crippen molar-refractivity contribution in [3.8, 4) is 11.5 Å². The summed E-state index contributed by atoms with van der Waals surface area (Å²) in [5.41, 5.74) is 0.735. The average Bonchev–Trinajstić information content (AvgIpc) is 2.86. The molecule has 1 saturated heterocycles. The second kappa shape index (κ2) is 9.59. The van der Waals surface area contributed by atoms with Crippen LogP contribution in [0.25, 0.3) is 6.08 Å². The summed E-state index contributed by atoms with van der Waals surface area (Å²) in [5, 5.41) is 9.76. The molecule has 2 rings (SSSR count). The number of thiocarbonyl (C=S) groups is 1. The van der Waals surface area contributed by atoms with E-state index < -0.39 is 0 Å². The van der Waals surface area contributed by atoms with Gasteiger partial charge in [-0.2, -0.15) is 0 Å². The van der Waals surface area contributed by atoms with Crippen molar-refractivity contribution in [1.29, 1.82) is 0 Å². The standard InChI is InChI=1S/C18H21NO5S2/c1-3-23-14-10-12(7-8-13(14)20)11-15-17(22)19(18(25)26-15)9-5-6-16(21)24-4-2/h7-8,10-11,20H,3-6,9H2,1-2H3/b15-11-. The van der Waals surface area contributed by atoms with Gasteiger partial charge in [0.2, 0.25) is 0 Å². The minimum Gasteiger partial charge on any atom is -0.504 e. The van der Waals surface area contributed by atoms with E-state index in [0.717, 1.165) is 5.56 Å². The lowest BCUT2D eigenvalue weighted by Crippen LogP contribution is -2.29. The first-order valence-corrected chi connectivity index (χ1v) is 9.55. The van der Waals surface area contributed by atoms with E-state index in [1.807, 2.05) is 6.92 Å². The van der Waals surface area contributed by atoms with E-state index >= 15 is 0 Å². The van der Waals surface area contributed by atoms with Gasteiger partial charge in [-0.25, -0.2) is 0 Å². The maximum Gasteiger partial charge on any atom is 0.305 e. The molecule has 8 heteroatoms. The predicted molar refractivity (Wildman–Crippen MR) is 105 cm³/mol. The molecule has 0 aromatic heterocycles. The number of benzene rings is 1. The fraction of sp³-hybridized carbons (Fsp3) is 0.389. The number of carbonyl (C=O) groups excluding carboxylic acids is 2. The highest BCUT2D eigenvalue weighted by molar-refractivity contribution is 8.26. The zero-order chi connectivity index (χ0) is 19.1. The molecule has 1 heterocycles. The lowest BCUT2D eigenvalue weighted by molar-refractivity contribution is -0.143. The average molecular weight is 396 g/mol. The molecule has 0 bridgehead atoms. The lowest BCUT2D eigenvalue weighted by Gasteiger charge is -2.13. The second-order valence-electron chi connectivity index (χ2n) is 5.40. The highest BCUT2D eigenvalue weighted by Gasteiger charge is 2.31. The minimum absolute atomic E-state index is 0.0514. The predicted octanol–water partition coefficient (Wildman–Crippen LogP) is 3.34. The van der Waals surface area contributed by atoms with Crippen LogP contribution in [-0.2, 0) is 14.3 Å². The molecule has 1 aromatic carbocycles. The molecule has 6 nitrogen and oxygen atoms in total. The summed E-state index contributed by atoms with van der Waals surface area (Å²) in [6.45, 7) is 4.73. The summed E-state index contributed by atoms with van der Waals surface area (Å²) in [6, 6.07) is 4.90. The Bertz CT molecular complexity index is 732. The summed E-state index contributed by atoms with van der Waals surface area (Å²) in [4.78, 5) is 25.9. The molecule has 0 spiro atoms. The zero-order valence-corrected chi connectivity index (χ0v) is 16.3. The maximum atomic E-state index is 12.6. The van der Waals surface area contributed by atoms with Crippen LogP contribution in [0.5, 0.6) is 11.5 Å². The molecule has 0 unspecified atom stereocenters. The number of aromatic hydroxyl groups is 1. The summed E-state index contributed by atoms with van der Waals surface area (Å²) >= 11 is 6.49. The molecule has 26 heavy (non-hydrogen) atoms. The van der Waals surface area contributed by atoms with E-state index in [1.165, 1.54) is 22.7 Å². The third-order valence-corrected chi connectivity index (χ3v) is 4.90. The van der Waals surface area contributed by atoms with Crippen LogP contribution < -0.4 is 4.74 Å². The number of amides is 1. The Balaban J connectivity index is 2.04. The number of ether oxygens (including phenoxy) is 2. The third-order valence-electron chi connectivity index (χ3n) is 3.52. The number of nitrogens with zero attached hydrogens (tertiary/aromatic N) is 1. The van der Waals surface area contributed by atoms with Crippen molar-refractivity contribution in [2.75, 3.05) is 19.8 Å². The monoisotopic (exact) mass is 395 g/mol. The van der Waals surface area contributed by atoms with Crippen molar-refractivity contribution >= 4 is 46.3 Å². The Hall–Kier alpha value is -2.06. The first-order valence-electron chi connectivity index (χ1n) is 8.33. The topological polar surface area (TPSA) is 76.1 Å². The number of phenols is 1. The fourth-order valence-corrected chi connectivity index (χ4v) is 3.66. The number of esters is 1. The van der Waals surface area contributed by atoms with Crippen LogP contribution in [0.15, 0.2) is 23.1 Å². The quantitative estimate of drug-likeness (QED) is 0.411. The number of phenolic OH excluding ortho intramolecular Hbond substituents is 1. The highest BCUT2D eigenvalue weighted by atomic mass is 32.2. The van der Waals surface area contributed by atoms with Crippen LogP contribution in [-0.4, -0.2) is 46.0 Å². The van der Waals surface area contributed by atoms with Gasteiger partial charge in [-0.05, 0) is 44.0 Å². The van der Waals surface area contributed by atoms with Crippen LogP contribution in [0.2, 0.25) is 0 Å². The smallest absolute Gasteiger partial charge is 0.305 e. The minimum atomic E-state index is -0.277. The zero-order valence-electron chi connectivity index (χ0n) is 14.7. The largest absolute Gasteiger partial charge is 0.504 e. The molecular formula is C18H21NO5S2. The van der Waals surface area contributed by atoms with Crippen LogP contribution in [0.1, 0.15) is 32.3 Å². The van der Waals surface area contributed by atoms with Crippen molar-refractivity contribution in [2.24, 2.45) is 0 Å². The van der Waals surface area contributed by atoms with Crippen LogP contribution in [0, 0.1) is 0 Å². The van der Waals surface area contributed by atoms with Gasteiger partial charge in [-0.15, -0.1) is 0 Å². The normalized spacial score (nSPS) is 15.6. The summed E-state index contributed by atoms with van der Waals surface area (Å²) in [5.74, 6) is -0.0439. The second-order valence-corrected chi connectivity index (χ2v) is 7.08. The molecule has 0 atom stereocenters. The van der Waals surface area contributed by atoms with Gasteiger partial charge in [0.25, 0.3) is 5.91 Å². The van der Waals surface area contributed by atoms with Crippen LogP contribution in [0.4, 0.5) is 0 Å². The van der Waals surface area contributed by atoms with Gasteiger partial charge >= 0.3 is 5.97 Å². The lowest BCUT2D eigenvalue weighted by atomic mass is 10.2. The molecule has 1 aliphatic rings. The number of hydrogen-bond donors (Lipinski definition) is 1. The first kappa shape index (κ1) is 20.3. The van der Waals surface area contributed by atoms with E-state index in [9.17, 15) is 14.7 Å². The Labute approximate surface area is 162 Å². The molecule has 0 saturated carbocycles. The van der Waals surface area contributed by atoms with E-state index in [0.29, 0.717) is 41.2 Å². The fourth-order valence-electron chi connectivity index (χ4n) is 2.35. The molecule has 1 aliphatic heterocycles. The van der Waals surface area contributed by atoms with Crippen molar-refractivity contribution in [3.63, 3.8) is 0 Å². The summed E-state index contributed by atoms with van der Waals surface area (Å²) in [6.07, 6.45) is 2.46. The van der Waals surface area contributed by atoms with Gasteiger partial charge in [0.1, 0.15) is 4.32 Å². The third kappa shape index (κ3) is 5.22. The van der Waals surface area contributed by atoms with E-state index in [4.69, 9.17) is 21.7 Å². The van der Waals surface area contributed by atoms with Gasteiger partial charge in [0.05, 0.1) is 18.1 Å². The number of carbonyl (C=O) groups is 2. The van der Waals surface area contributed by atoms with Gasteiger partial charge < -0.3 is 14.6 Å². The number of rotatable bonds is 8. The summed E-state index contributed by atoms with van der Waals surface area (Å²) < 4.78 is 10.7. The molecule has 1 fully saturated rings. The van der Waals surface area contributed by atoms with E-state index in [2.05, 4.69) is 0 Å². The number of hydrogen-bond acceptors (Lipinski definition) is 7. The Morgan fingerprint density at radius 1 is 1.35 bits per heavy atom. The van der Waals surface area contributed by atoms with Crippen molar-refractivity contribution in [3.05, 3.63) is 28.7 Å². The van der Waals surface area contributed by atoms with Crippen LogP contribution >= 0.6 is 24.0 Å². The van der Waals surface area contributed by atoms with E-state index in [1.54, 1.807) is 25.1 Å². The van der Waals surface area contributed by atoms with Crippen LogP contribution in [0.3, 0.4) is 0 Å². The van der Waals surface area contributed by atoms with E-state index in [-0.39, 0.29) is 24.0 Å². The Morgan fingerprint density at radius 2 is 2.12 bits per heavy atom. The molecular weight excluding hydrogens is 374 g/mol. The van der Waals surface area contributed by atoms with Gasteiger partial charge in [-0.3, -0.25) is 14.5 Å². The van der Waals surface area contributed by atoms with Crippen molar-refractivity contribution in [1.82, 2.24) is 4.90 Å². The van der Waals surface area contributed by atoms with Gasteiger partial charge in [0, 0.05) is 13.0 Å². The Morgan fingerprint density at radius 3 is 2.81 bits per heavy atom. The first-order chi connectivity index (χ1) is 12.5. The molecule has 1 aromatic rings.